The first-order valence-corrected chi connectivity index (χ1v) is 8.03. The number of hydrogen-bond donors (Lipinski definition) is 2. The van der Waals surface area contributed by atoms with Gasteiger partial charge in [-0.25, -0.2) is 0 Å². The number of halogens is 5. The highest BCUT2D eigenvalue weighted by Gasteiger charge is 2.32. The Morgan fingerprint density at radius 2 is 1.92 bits per heavy atom. The van der Waals surface area contributed by atoms with Crippen LogP contribution in [0.3, 0.4) is 0 Å². The lowest BCUT2D eigenvalue weighted by molar-refractivity contribution is -0.274. The molecule has 0 saturated carbocycles. The van der Waals surface area contributed by atoms with Crippen LogP contribution in [0.15, 0.2) is 30.3 Å². The summed E-state index contributed by atoms with van der Waals surface area (Å²) in [5, 5.41) is 3.22. The number of ether oxygens (including phenoxy) is 2. The SMILES string of the molecule is NC[C@H]1CNc2cccc(-c3c(Cl)cc(OC(F)(F)F)cc3Cl)c2O1. The molecular weight excluding hydrogens is 380 g/mol. The average molecular weight is 393 g/mol. The maximum Gasteiger partial charge on any atom is 0.573 e. The summed E-state index contributed by atoms with van der Waals surface area (Å²) >= 11 is 12.4. The first-order valence-electron chi connectivity index (χ1n) is 7.27. The fourth-order valence-corrected chi connectivity index (χ4v) is 3.23. The lowest BCUT2D eigenvalue weighted by atomic mass is 10.0. The Kier molecular flexibility index (Phi) is 4.90. The summed E-state index contributed by atoms with van der Waals surface area (Å²) in [7, 11) is 0. The first-order chi connectivity index (χ1) is 11.8. The summed E-state index contributed by atoms with van der Waals surface area (Å²) in [5.74, 6) is 0.00687. The van der Waals surface area contributed by atoms with Crippen LogP contribution < -0.4 is 20.5 Å². The summed E-state index contributed by atoms with van der Waals surface area (Å²) in [4.78, 5) is 0. The standard InChI is InChI=1S/C16H13Cl2F3N2O2/c17-11-4-8(25-16(19,20)21)5-12(18)14(11)10-2-1-3-13-15(10)24-9(6-22)7-23-13/h1-5,9,23H,6-7,22H2/t9-/m0/s1. The number of para-hydroxylation sites is 1. The van der Waals surface area contributed by atoms with Crippen LogP contribution in [0.4, 0.5) is 18.9 Å². The molecule has 3 rings (SSSR count). The summed E-state index contributed by atoms with van der Waals surface area (Å²) < 4.78 is 46.9. The van der Waals surface area contributed by atoms with Crippen molar-refractivity contribution in [3.63, 3.8) is 0 Å². The van der Waals surface area contributed by atoms with Crippen molar-refractivity contribution in [3.8, 4) is 22.6 Å². The largest absolute Gasteiger partial charge is 0.573 e. The number of anilines is 1. The topological polar surface area (TPSA) is 56.5 Å². The monoisotopic (exact) mass is 392 g/mol. The minimum Gasteiger partial charge on any atom is -0.484 e. The Balaban J connectivity index is 2.06. The van der Waals surface area contributed by atoms with Gasteiger partial charge >= 0.3 is 6.36 Å². The van der Waals surface area contributed by atoms with Gasteiger partial charge in [0.05, 0.1) is 22.3 Å². The van der Waals surface area contributed by atoms with E-state index in [0.717, 1.165) is 17.8 Å². The van der Waals surface area contributed by atoms with Crippen molar-refractivity contribution in [2.24, 2.45) is 5.73 Å². The Bertz CT molecular complexity index is 776. The minimum absolute atomic E-state index is 0.0126. The summed E-state index contributed by atoms with van der Waals surface area (Å²) in [6.07, 6.45) is -5.07. The quantitative estimate of drug-likeness (QED) is 0.795. The number of nitrogens with one attached hydrogen (secondary N) is 1. The van der Waals surface area contributed by atoms with Crippen LogP contribution in [-0.2, 0) is 0 Å². The third-order valence-corrected chi connectivity index (χ3v) is 4.20. The van der Waals surface area contributed by atoms with Crippen molar-refractivity contribution in [1.29, 1.82) is 0 Å². The fraction of sp³-hybridized carbons (Fsp3) is 0.250. The molecule has 2 aromatic rings. The molecule has 0 bridgehead atoms. The molecule has 0 saturated heterocycles. The maximum atomic E-state index is 12.4. The van der Waals surface area contributed by atoms with Gasteiger partial charge in [-0.3, -0.25) is 0 Å². The number of alkyl halides is 3. The molecule has 0 unspecified atom stereocenters. The molecule has 1 aliphatic heterocycles. The molecular formula is C16H13Cl2F3N2O2. The second kappa shape index (κ2) is 6.82. The Labute approximate surface area is 151 Å². The molecule has 9 heteroatoms. The zero-order valence-electron chi connectivity index (χ0n) is 12.7. The Hall–Kier alpha value is -1.83. The predicted molar refractivity (Wildman–Crippen MR) is 90.5 cm³/mol. The molecule has 4 nitrogen and oxygen atoms in total. The van der Waals surface area contributed by atoms with Crippen molar-refractivity contribution in [1.82, 2.24) is 0 Å². The van der Waals surface area contributed by atoms with E-state index in [-0.39, 0.29) is 16.1 Å². The summed E-state index contributed by atoms with van der Waals surface area (Å²) in [5.41, 5.74) is 7.28. The van der Waals surface area contributed by atoms with Gasteiger partial charge < -0.3 is 20.5 Å². The Morgan fingerprint density at radius 1 is 1.24 bits per heavy atom. The third-order valence-electron chi connectivity index (χ3n) is 3.60. The zero-order valence-corrected chi connectivity index (χ0v) is 14.2. The predicted octanol–water partition coefficient (Wildman–Crippen LogP) is 4.69. The van der Waals surface area contributed by atoms with Crippen LogP contribution in [0, 0.1) is 0 Å². The molecule has 0 aliphatic carbocycles. The molecule has 0 radical (unpaired) electrons. The van der Waals surface area contributed by atoms with Gasteiger partial charge in [0.2, 0.25) is 0 Å². The lowest BCUT2D eigenvalue weighted by Crippen LogP contribution is -2.37. The van der Waals surface area contributed by atoms with E-state index in [2.05, 4.69) is 10.1 Å². The minimum atomic E-state index is -4.83. The van der Waals surface area contributed by atoms with E-state index in [1.807, 2.05) is 6.07 Å². The van der Waals surface area contributed by atoms with Gasteiger partial charge in [0.25, 0.3) is 0 Å². The first kappa shape index (κ1) is 18.0. The van der Waals surface area contributed by atoms with Gasteiger partial charge in [0.15, 0.2) is 5.75 Å². The van der Waals surface area contributed by atoms with Crippen molar-refractivity contribution in [2.75, 3.05) is 18.4 Å². The molecule has 3 N–H and O–H groups in total. The zero-order chi connectivity index (χ0) is 18.2. The van der Waals surface area contributed by atoms with Gasteiger partial charge in [-0.1, -0.05) is 35.3 Å². The number of benzene rings is 2. The smallest absolute Gasteiger partial charge is 0.484 e. The van der Waals surface area contributed by atoms with E-state index in [1.54, 1.807) is 12.1 Å². The van der Waals surface area contributed by atoms with E-state index in [9.17, 15) is 13.2 Å². The van der Waals surface area contributed by atoms with Crippen LogP contribution in [0.5, 0.6) is 11.5 Å². The third kappa shape index (κ3) is 3.89. The second-order valence-electron chi connectivity index (χ2n) is 5.35. The number of rotatable bonds is 3. The van der Waals surface area contributed by atoms with Crippen LogP contribution in [0.25, 0.3) is 11.1 Å². The molecule has 1 aliphatic rings. The average Bonchev–Trinajstić information content (AvgIpc) is 2.52. The number of hydrogen-bond acceptors (Lipinski definition) is 4. The second-order valence-corrected chi connectivity index (χ2v) is 6.16. The molecule has 0 aromatic heterocycles. The fourth-order valence-electron chi connectivity index (χ4n) is 2.56. The van der Waals surface area contributed by atoms with E-state index in [1.165, 1.54) is 0 Å². The normalized spacial score (nSPS) is 16.6. The molecule has 1 atom stereocenters. The van der Waals surface area contributed by atoms with E-state index >= 15 is 0 Å². The molecule has 134 valence electrons. The van der Waals surface area contributed by atoms with E-state index < -0.39 is 12.1 Å². The van der Waals surface area contributed by atoms with Crippen LogP contribution in [0.1, 0.15) is 0 Å². The summed E-state index contributed by atoms with van der Waals surface area (Å²) in [6, 6.07) is 7.42. The highest BCUT2D eigenvalue weighted by atomic mass is 35.5. The maximum absolute atomic E-state index is 12.4. The van der Waals surface area contributed by atoms with Gasteiger partial charge in [-0.15, -0.1) is 13.2 Å². The van der Waals surface area contributed by atoms with Crippen molar-refractivity contribution in [2.45, 2.75) is 12.5 Å². The molecule has 25 heavy (non-hydrogen) atoms. The Morgan fingerprint density at radius 3 is 2.52 bits per heavy atom. The molecule has 0 amide bonds. The number of nitrogens with two attached hydrogens (primary N) is 1. The molecule has 1 heterocycles. The molecule has 0 spiro atoms. The van der Waals surface area contributed by atoms with E-state index in [4.69, 9.17) is 33.7 Å². The lowest BCUT2D eigenvalue weighted by Gasteiger charge is -2.28. The van der Waals surface area contributed by atoms with Crippen molar-refractivity contribution >= 4 is 28.9 Å². The molecule has 2 aromatic carbocycles. The van der Waals surface area contributed by atoms with Crippen LogP contribution in [-0.4, -0.2) is 25.6 Å². The van der Waals surface area contributed by atoms with Gasteiger partial charge in [0.1, 0.15) is 11.9 Å². The van der Waals surface area contributed by atoms with Gasteiger partial charge in [0, 0.05) is 17.7 Å². The van der Waals surface area contributed by atoms with Crippen LogP contribution in [0.2, 0.25) is 10.0 Å². The van der Waals surface area contributed by atoms with Crippen molar-refractivity contribution in [3.05, 3.63) is 40.4 Å². The summed E-state index contributed by atoms with van der Waals surface area (Å²) in [6.45, 7) is 0.855. The highest BCUT2D eigenvalue weighted by molar-refractivity contribution is 6.39. The van der Waals surface area contributed by atoms with Crippen molar-refractivity contribution < 1.29 is 22.6 Å². The number of fused-ring (bicyclic) bond motifs is 1. The van der Waals surface area contributed by atoms with Crippen LogP contribution >= 0.6 is 23.2 Å². The van der Waals surface area contributed by atoms with Gasteiger partial charge in [-0.05, 0) is 18.2 Å². The highest BCUT2D eigenvalue weighted by Crippen LogP contribution is 2.46. The molecule has 0 fully saturated rings. The van der Waals surface area contributed by atoms with E-state index in [0.29, 0.717) is 30.0 Å². The van der Waals surface area contributed by atoms with Gasteiger partial charge in [-0.2, -0.15) is 0 Å².